The van der Waals surface area contributed by atoms with Crippen LogP contribution in [0.5, 0.6) is 0 Å². The van der Waals surface area contributed by atoms with Crippen molar-refractivity contribution in [2.75, 3.05) is 19.8 Å². The summed E-state index contributed by atoms with van der Waals surface area (Å²) in [6, 6.07) is 0. The van der Waals surface area contributed by atoms with E-state index in [4.69, 9.17) is 4.74 Å². The Morgan fingerprint density at radius 1 is 1.08 bits per heavy atom. The van der Waals surface area contributed by atoms with Crippen molar-refractivity contribution in [1.29, 1.82) is 0 Å². The third kappa shape index (κ3) is 4.16. The molecule has 4 unspecified atom stereocenters. The smallest absolute Gasteiger partial charge is 0.0900 e. The van der Waals surface area contributed by atoms with Crippen molar-refractivity contribution in [2.24, 2.45) is 17.8 Å². The summed E-state index contributed by atoms with van der Waals surface area (Å²) in [6.07, 6.45) is 10.4. The molecule has 140 valence electrons. The van der Waals surface area contributed by atoms with Crippen LogP contribution in [0.15, 0.2) is 0 Å². The lowest BCUT2D eigenvalue weighted by atomic mass is 9.79. The van der Waals surface area contributed by atoms with E-state index in [0.29, 0.717) is 6.61 Å². The van der Waals surface area contributed by atoms with E-state index in [1.165, 1.54) is 51.4 Å². The first-order chi connectivity index (χ1) is 11.3. The zero-order valence-corrected chi connectivity index (χ0v) is 16.4. The molecule has 1 heterocycles. The fourth-order valence-electron chi connectivity index (χ4n) is 5.98. The summed E-state index contributed by atoms with van der Waals surface area (Å²) in [6.45, 7) is 11.3. The number of aliphatic hydroxyl groups is 1. The lowest BCUT2D eigenvalue weighted by Crippen LogP contribution is -2.60. The summed E-state index contributed by atoms with van der Waals surface area (Å²) in [4.78, 5) is 2.51. The number of piperidine rings is 1. The summed E-state index contributed by atoms with van der Waals surface area (Å²) < 4.78 is 5.87. The predicted octanol–water partition coefficient (Wildman–Crippen LogP) is 4.23. The van der Waals surface area contributed by atoms with Crippen molar-refractivity contribution < 1.29 is 9.84 Å². The van der Waals surface area contributed by atoms with Crippen molar-refractivity contribution in [3.05, 3.63) is 0 Å². The first-order valence-corrected chi connectivity index (χ1v) is 10.3. The van der Waals surface area contributed by atoms with Crippen LogP contribution < -0.4 is 0 Å². The van der Waals surface area contributed by atoms with Crippen LogP contribution in [0, 0.1) is 17.8 Å². The van der Waals surface area contributed by atoms with E-state index in [1.807, 2.05) is 0 Å². The lowest BCUT2D eigenvalue weighted by molar-refractivity contribution is -0.0706. The standard InChI is InChI=1S/C21H39NO2/c1-20(2)9-5-10-21(3,4)22(20)14-19(23)15-24-11-8-18-13-16-6-7-17(18)12-16/h16-19,23H,5-15H2,1-4H3. The van der Waals surface area contributed by atoms with Crippen molar-refractivity contribution in [2.45, 2.75) is 96.2 Å². The highest BCUT2D eigenvalue weighted by Crippen LogP contribution is 2.49. The monoisotopic (exact) mass is 337 g/mol. The second-order valence-electron chi connectivity index (χ2n) is 10.0. The number of ether oxygens (including phenoxy) is 1. The Balaban J connectivity index is 1.38. The van der Waals surface area contributed by atoms with Crippen molar-refractivity contribution in [3.63, 3.8) is 0 Å². The average Bonchev–Trinajstić information content (AvgIpc) is 3.10. The van der Waals surface area contributed by atoms with E-state index in [2.05, 4.69) is 32.6 Å². The Bertz CT molecular complexity index is 404. The van der Waals surface area contributed by atoms with Crippen LogP contribution in [0.3, 0.4) is 0 Å². The van der Waals surface area contributed by atoms with Gasteiger partial charge in [-0.15, -0.1) is 0 Å². The Hall–Kier alpha value is -0.120. The van der Waals surface area contributed by atoms with Crippen LogP contribution in [-0.4, -0.2) is 46.9 Å². The second-order valence-corrected chi connectivity index (χ2v) is 10.0. The molecule has 1 saturated heterocycles. The van der Waals surface area contributed by atoms with Gasteiger partial charge in [0.1, 0.15) is 0 Å². The molecule has 0 aromatic heterocycles. The van der Waals surface area contributed by atoms with Crippen LogP contribution in [-0.2, 0) is 4.74 Å². The molecule has 0 amide bonds. The number of hydrogen-bond acceptors (Lipinski definition) is 3. The van der Waals surface area contributed by atoms with Gasteiger partial charge in [0.25, 0.3) is 0 Å². The number of hydrogen-bond donors (Lipinski definition) is 1. The molecule has 2 aliphatic carbocycles. The van der Waals surface area contributed by atoms with E-state index in [1.54, 1.807) is 0 Å². The highest BCUT2D eigenvalue weighted by atomic mass is 16.5. The van der Waals surface area contributed by atoms with Crippen LogP contribution in [0.4, 0.5) is 0 Å². The Labute approximate surface area is 149 Å². The molecule has 1 N–H and O–H groups in total. The van der Waals surface area contributed by atoms with Crippen LogP contribution in [0.1, 0.15) is 79.1 Å². The van der Waals surface area contributed by atoms with Gasteiger partial charge in [0.15, 0.2) is 0 Å². The lowest BCUT2D eigenvalue weighted by Gasteiger charge is -2.53. The fraction of sp³-hybridized carbons (Fsp3) is 1.00. The third-order valence-electron chi connectivity index (χ3n) is 7.26. The minimum atomic E-state index is -0.373. The van der Waals surface area contributed by atoms with E-state index in [-0.39, 0.29) is 17.2 Å². The molecule has 3 heteroatoms. The van der Waals surface area contributed by atoms with Gasteiger partial charge < -0.3 is 9.84 Å². The molecular formula is C21H39NO2. The summed E-state index contributed by atoms with van der Waals surface area (Å²) in [7, 11) is 0. The minimum Gasteiger partial charge on any atom is -0.389 e. The van der Waals surface area contributed by atoms with Gasteiger partial charge in [0.05, 0.1) is 12.7 Å². The van der Waals surface area contributed by atoms with Gasteiger partial charge in [0.2, 0.25) is 0 Å². The van der Waals surface area contributed by atoms with E-state index in [9.17, 15) is 5.11 Å². The average molecular weight is 338 g/mol. The summed E-state index contributed by atoms with van der Waals surface area (Å²) in [5.41, 5.74) is 0.345. The van der Waals surface area contributed by atoms with Gasteiger partial charge in [-0.1, -0.05) is 6.42 Å². The number of nitrogens with zero attached hydrogens (tertiary/aromatic N) is 1. The van der Waals surface area contributed by atoms with Crippen molar-refractivity contribution in [3.8, 4) is 0 Å². The number of aliphatic hydroxyl groups excluding tert-OH is 1. The number of likely N-dealkylation sites (tertiary alicyclic amines) is 1. The molecular weight excluding hydrogens is 298 g/mol. The predicted molar refractivity (Wildman–Crippen MR) is 99.1 cm³/mol. The van der Waals surface area contributed by atoms with Gasteiger partial charge >= 0.3 is 0 Å². The molecule has 0 radical (unpaired) electrons. The van der Waals surface area contributed by atoms with Gasteiger partial charge in [-0.2, -0.15) is 0 Å². The van der Waals surface area contributed by atoms with E-state index >= 15 is 0 Å². The molecule has 3 rings (SSSR count). The van der Waals surface area contributed by atoms with Gasteiger partial charge in [0, 0.05) is 24.2 Å². The quantitative estimate of drug-likeness (QED) is 0.706. The van der Waals surface area contributed by atoms with Gasteiger partial charge in [-0.3, -0.25) is 4.90 Å². The first kappa shape index (κ1) is 18.7. The molecule has 3 nitrogen and oxygen atoms in total. The molecule has 24 heavy (non-hydrogen) atoms. The van der Waals surface area contributed by atoms with E-state index < -0.39 is 0 Å². The number of β-amino-alcohol motifs (C(OH)–C–C–N with tert-alkyl or cyclic N) is 1. The topological polar surface area (TPSA) is 32.7 Å². The summed E-state index contributed by atoms with van der Waals surface area (Å²) >= 11 is 0. The minimum absolute atomic E-state index is 0.172. The SMILES string of the molecule is CC1(C)CCCC(C)(C)N1CC(O)COCCC1CC2CCC1C2. The Morgan fingerprint density at radius 2 is 1.79 bits per heavy atom. The molecule has 0 aromatic rings. The molecule has 2 bridgehead atoms. The maximum Gasteiger partial charge on any atom is 0.0900 e. The van der Waals surface area contributed by atoms with Crippen molar-refractivity contribution in [1.82, 2.24) is 4.90 Å². The molecule has 1 aliphatic heterocycles. The normalized spacial score (nSPS) is 36.1. The molecule has 0 aromatic carbocycles. The zero-order valence-electron chi connectivity index (χ0n) is 16.4. The number of rotatable bonds is 7. The molecule has 3 fully saturated rings. The first-order valence-electron chi connectivity index (χ1n) is 10.3. The Morgan fingerprint density at radius 3 is 2.38 bits per heavy atom. The Kier molecular flexibility index (Phi) is 5.64. The highest BCUT2D eigenvalue weighted by Gasteiger charge is 2.42. The third-order valence-corrected chi connectivity index (χ3v) is 7.26. The van der Waals surface area contributed by atoms with Crippen LogP contribution in [0.2, 0.25) is 0 Å². The number of fused-ring (bicyclic) bond motifs is 2. The van der Waals surface area contributed by atoms with Crippen LogP contribution >= 0.6 is 0 Å². The molecule has 2 saturated carbocycles. The van der Waals surface area contributed by atoms with E-state index in [0.717, 1.165) is 30.9 Å². The summed E-state index contributed by atoms with van der Waals surface area (Å²) in [5.74, 6) is 2.91. The second kappa shape index (κ2) is 7.25. The highest BCUT2D eigenvalue weighted by molar-refractivity contribution is 4.97. The maximum atomic E-state index is 10.5. The fourth-order valence-corrected chi connectivity index (χ4v) is 5.98. The summed E-state index contributed by atoms with van der Waals surface area (Å²) in [5, 5.41) is 10.5. The molecule has 3 aliphatic rings. The molecule has 4 atom stereocenters. The largest absolute Gasteiger partial charge is 0.389 e. The van der Waals surface area contributed by atoms with Gasteiger partial charge in [-0.25, -0.2) is 0 Å². The zero-order chi connectivity index (χ0) is 17.4. The van der Waals surface area contributed by atoms with Gasteiger partial charge in [-0.05, 0) is 90.4 Å². The van der Waals surface area contributed by atoms with Crippen molar-refractivity contribution >= 4 is 0 Å². The maximum absolute atomic E-state index is 10.5. The molecule has 0 spiro atoms. The van der Waals surface area contributed by atoms with Crippen LogP contribution in [0.25, 0.3) is 0 Å².